The molecule has 0 amide bonds. The van der Waals surface area contributed by atoms with Gasteiger partial charge in [-0.15, -0.1) is 0 Å². The van der Waals surface area contributed by atoms with Gasteiger partial charge in [0, 0.05) is 13.0 Å². The third-order valence-corrected chi connectivity index (χ3v) is 1.41. The minimum absolute atomic E-state index is 0. The van der Waals surface area contributed by atoms with Crippen molar-refractivity contribution in [2.24, 2.45) is 5.73 Å². The van der Waals surface area contributed by atoms with Gasteiger partial charge >= 0.3 is 0 Å². The van der Waals surface area contributed by atoms with Crippen LogP contribution in [0.5, 0.6) is 0 Å². The van der Waals surface area contributed by atoms with Crippen LogP contribution in [0.25, 0.3) is 0 Å². The zero-order valence-corrected chi connectivity index (χ0v) is 7.87. The van der Waals surface area contributed by atoms with E-state index in [9.17, 15) is 0 Å². The smallest absolute Gasteiger partial charge is 0.0752 e. The highest BCUT2D eigenvalue weighted by atomic mass is 35.5. The minimum atomic E-state index is 0. The first-order chi connectivity index (χ1) is 4.91. The van der Waals surface area contributed by atoms with Gasteiger partial charge in [0.15, 0.2) is 0 Å². The second-order valence-corrected chi connectivity index (χ2v) is 2.45. The molecule has 0 bridgehead atoms. The van der Waals surface area contributed by atoms with Gasteiger partial charge in [0.05, 0.1) is 6.54 Å². The number of hydrogen-bond donors (Lipinski definition) is 3. The topological polar surface area (TPSA) is 65.7 Å². The van der Waals surface area contributed by atoms with Gasteiger partial charge in [-0.3, -0.25) is 0 Å². The molecule has 0 aromatic heterocycles. The van der Waals surface area contributed by atoms with Crippen LogP contribution in [-0.2, 0) is 0 Å². The van der Waals surface area contributed by atoms with Crippen LogP contribution >= 0.6 is 0 Å². The molecule has 0 aliphatic rings. The molecule has 0 aromatic carbocycles. The summed E-state index contributed by atoms with van der Waals surface area (Å²) in [7, 11) is 0. The molecule has 0 fully saturated rings. The molecular formula is C7H20ClN3. The van der Waals surface area contributed by atoms with Crippen LogP contribution in [0, 0.1) is 0 Å². The molecular weight excluding hydrogens is 167 g/mol. The van der Waals surface area contributed by atoms with Gasteiger partial charge in [-0.05, 0) is 25.9 Å². The zero-order valence-electron chi connectivity index (χ0n) is 7.11. The number of nitrogens with one attached hydrogen (secondary N) is 1. The van der Waals surface area contributed by atoms with Crippen molar-refractivity contribution < 1.29 is 18.1 Å². The van der Waals surface area contributed by atoms with Crippen molar-refractivity contribution >= 4 is 0 Å². The van der Waals surface area contributed by atoms with Gasteiger partial charge in [-0.2, -0.15) is 0 Å². The van der Waals surface area contributed by atoms with Crippen LogP contribution < -0.4 is 29.2 Å². The number of hydrogen-bond acceptors (Lipinski definition) is 2. The number of halogens is 1. The summed E-state index contributed by atoms with van der Waals surface area (Å²) in [4.78, 5) is 0. The first-order valence-electron chi connectivity index (χ1n) is 4.12. The quantitative estimate of drug-likeness (QED) is 0.215. The van der Waals surface area contributed by atoms with Crippen LogP contribution in [0.3, 0.4) is 0 Å². The average Bonchev–Trinajstić information content (AvgIpc) is 1.97. The Kier molecular flexibility index (Phi) is 16.0. The van der Waals surface area contributed by atoms with E-state index in [1.165, 1.54) is 12.8 Å². The SMILES string of the molecule is [15NH2][13CH2]CC[13CH2][15NH]CCC[15NH3+].[Cl-]. The Morgan fingerprint density at radius 1 is 1.09 bits per heavy atom. The van der Waals surface area contributed by atoms with E-state index in [4.69, 9.17) is 5.73 Å². The maximum absolute atomic E-state index is 5.33. The molecule has 70 valence electrons. The number of unbranched alkanes of at least 4 members (excludes halogenated alkanes) is 1. The van der Waals surface area contributed by atoms with Crippen LogP contribution in [0.4, 0.5) is 0 Å². The number of quaternary nitrogens is 1. The molecule has 0 unspecified atom stereocenters. The fraction of sp³-hybridized carbons (Fsp3) is 1.00. The van der Waals surface area contributed by atoms with Crippen LogP contribution in [0.15, 0.2) is 0 Å². The lowest BCUT2D eigenvalue weighted by Gasteiger charge is -2.00. The molecule has 4 heteroatoms. The van der Waals surface area contributed by atoms with Crippen LogP contribution in [0.1, 0.15) is 19.3 Å². The molecule has 0 aromatic rings. The van der Waals surface area contributed by atoms with E-state index in [0.717, 1.165) is 32.6 Å². The molecule has 0 radical (unpaired) electrons. The summed E-state index contributed by atoms with van der Waals surface area (Å²) < 4.78 is 0. The zero-order chi connectivity index (χ0) is 7.66. The van der Waals surface area contributed by atoms with Crippen molar-refractivity contribution in [1.29, 1.82) is 0 Å². The highest BCUT2D eigenvalue weighted by Crippen LogP contribution is 1.81. The highest BCUT2D eigenvalue weighted by molar-refractivity contribution is 4.47. The monoisotopic (exact) mass is 186 g/mol. The Morgan fingerprint density at radius 3 is 2.27 bits per heavy atom. The average molecular weight is 187 g/mol. The maximum Gasteiger partial charge on any atom is 0.0752 e. The van der Waals surface area contributed by atoms with E-state index in [2.05, 4.69) is 11.1 Å². The molecule has 0 saturated carbocycles. The van der Waals surface area contributed by atoms with Crippen molar-refractivity contribution in [1.82, 2.24) is 5.32 Å². The predicted molar refractivity (Wildman–Crippen MR) is 43.5 cm³/mol. The van der Waals surface area contributed by atoms with Gasteiger partial charge in [0.1, 0.15) is 0 Å². The molecule has 0 aliphatic heterocycles. The largest absolute Gasteiger partial charge is 1.00 e. The minimum Gasteiger partial charge on any atom is -1.00 e. The summed E-state index contributed by atoms with van der Waals surface area (Å²) in [6.45, 7) is 4.06. The molecule has 0 spiro atoms. The van der Waals surface area contributed by atoms with Gasteiger partial charge in [0.2, 0.25) is 0 Å². The van der Waals surface area contributed by atoms with Crippen molar-refractivity contribution in [2.45, 2.75) is 19.3 Å². The molecule has 0 rings (SSSR count). The number of rotatable bonds is 7. The standard InChI is InChI=1S/C7H19N3.ClH/c8-4-1-2-6-10-7-3-5-9;/h10H,1-9H2;1H/i4+1,6+1,8+1,9+1,10+1;. The van der Waals surface area contributed by atoms with Crippen molar-refractivity contribution in [3.63, 3.8) is 0 Å². The molecule has 3 nitrogen and oxygen atoms in total. The van der Waals surface area contributed by atoms with Crippen LogP contribution in [0.2, 0.25) is 0 Å². The Morgan fingerprint density at radius 2 is 1.73 bits per heavy atom. The van der Waals surface area contributed by atoms with E-state index in [-0.39, 0.29) is 12.4 Å². The number of nitrogens with two attached hydrogens (primary N) is 1. The summed E-state index contributed by atoms with van der Waals surface area (Å²) in [5.74, 6) is 0. The lowest BCUT2D eigenvalue weighted by atomic mass is 10.5. The molecule has 0 saturated heterocycles. The fourth-order valence-electron chi connectivity index (χ4n) is 0.769. The highest BCUT2D eigenvalue weighted by Gasteiger charge is 1.86. The summed E-state index contributed by atoms with van der Waals surface area (Å²) in [5, 5.41) is 3.33. The molecule has 0 heterocycles. The summed E-state index contributed by atoms with van der Waals surface area (Å²) in [5.41, 5.74) is 9.09. The summed E-state index contributed by atoms with van der Waals surface area (Å²) in [6, 6.07) is 0. The van der Waals surface area contributed by atoms with Gasteiger partial charge in [-0.25, -0.2) is 0 Å². The van der Waals surface area contributed by atoms with E-state index in [0.29, 0.717) is 0 Å². The van der Waals surface area contributed by atoms with Gasteiger partial charge < -0.3 is 29.2 Å². The van der Waals surface area contributed by atoms with E-state index in [1.807, 2.05) is 0 Å². The Hall–Kier alpha value is 0.170. The first kappa shape index (κ1) is 13.7. The second kappa shape index (κ2) is 12.8. The second-order valence-electron chi connectivity index (χ2n) is 2.45. The Balaban J connectivity index is 0. The Bertz CT molecular complexity index is 53.6. The van der Waals surface area contributed by atoms with Crippen molar-refractivity contribution in [3.05, 3.63) is 0 Å². The van der Waals surface area contributed by atoms with Crippen molar-refractivity contribution in [3.8, 4) is 0 Å². The fourth-order valence-corrected chi connectivity index (χ4v) is 0.769. The summed E-state index contributed by atoms with van der Waals surface area (Å²) >= 11 is 0. The predicted octanol–water partition coefficient (Wildman–Crippen LogP) is -4.05. The lowest BCUT2D eigenvalue weighted by molar-refractivity contribution is -0.367. The molecule has 0 aliphatic carbocycles. The van der Waals surface area contributed by atoms with Gasteiger partial charge in [-0.1, -0.05) is 0 Å². The van der Waals surface area contributed by atoms with E-state index < -0.39 is 0 Å². The lowest BCUT2D eigenvalue weighted by Crippen LogP contribution is -3.00. The van der Waals surface area contributed by atoms with E-state index >= 15 is 0 Å². The first-order valence-corrected chi connectivity index (χ1v) is 4.12. The molecule has 6 N–H and O–H groups in total. The third-order valence-electron chi connectivity index (χ3n) is 1.41. The third kappa shape index (κ3) is 13.2. The molecule has 11 heavy (non-hydrogen) atoms. The Labute approximate surface area is 75.3 Å². The van der Waals surface area contributed by atoms with Gasteiger partial charge in [0.25, 0.3) is 0 Å². The summed E-state index contributed by atoms with van der Waals surface area (Å²) in [6.07, 6.45) is 3.52. The maximum atomic E-state index is 5.33. The van der Waals surface area contributed by atoms with Crippen LogP contribution in [-0.4, -0.2) is 26.2 Å². The van der Waals surface area contributed by atoms with Crippen molar-refractivity contribution in [2.75, 3.05) is 26.2 Å². The molecule has 0 atom stereocenters. The normalized spacial score (nSPS) is 9.27. The van der Waals surface area contributed by atoms with E-state index in [1.54, 1.807) is 0 Å².